The van der Waals surface area contributed by atoms with Crippen molar-refractivity contribution in [2.24, 2.45) is 11.8 Å². The van der Waals surface area contributed by atoms with Crippen molar-refractivity contribution >= 4 is 5.91 Å². The van der Waals surface area contributed by atoms with Crippen LogP contribution in [0.25, 0.3) is 0 Å². The summed E-state index contributed by atoms with van der Waals surface area (Å²) in [6.07, 6.45) is 8.20. The Balaban J connectivity index is 1.42. The average molecular weight is 329 g/mol. The minimum Gasteiger partial charge on any atom is -0.469 e. The van der Waals surface area contributed by atoms with Crippen LogP contribution in [0.4, 0.5) is 0 Å². The van der Waals surface area contributed by atoms with Crippen LogP contribution in [-0.4, -0.2) is 40.1 Å². The Hall–Kier alpha value is -2.08. The molecule has 0 saturated heterocycles. The van der Waals surface area contributed by atoms with Crippen LogP contribution < -0.4 is 0 Å². The summed E-state index contributed by atoms with van der Waals surface area (Å²) in [4.78, 5) is 18.8. The molecular formula is C18H23N3O3. The highest BCUT2D eigenvalue weighted by Gasteiger charge is 2.27. The smallest absolute Gasteiger partial charge is 0.230 e. The van der Waals surface area contributed by atoms with Gasteiger partial charge in [0, 0.05) is 31.8 Å². The van der Waals surface area contributed by atoms with Crippen molar-refractivity contribution in [1.29, 1.82) is 0 Å². The average Bonchev–Trinajstić information content (AvgIpc) is 3.13. The molecule has 128 valence electrons. The lowest BCUT2D eigenvalue weighted by Gasteiger charge is -2.24. The van der Waals surface area contributed by atoms with Crippen LogP contribution in [0.3, 0.4) is 0 Å². The van der Waals surface area contributed by atoms with E-state index in [0.29, 0.717) is 37.8 Å². The number of carbonyl (C=O) groups excluding carboxylic acids is 1. The van der Waals surface area contributed by atoms with Gasteiger partial charge in [-0.1, -0.05) is 0 Å². The normalized spacial score (nSPS) is 20.7. The molecule has 1 aliphatic heterocycles. The molecule has 6 nitrogen and oxygen atoms in total. The van der Waals surface area contributed by atoms with Gasteiger partial charge in [0.1, 0.15) is 5.76 Å². The Labute approximate surface area is 141 Å². The lowest BCUT2D eigenvalue weighted by molar-refractivity contribution is -0.132. The molecule has 1 aliphatic carbocycles. The predicted octanol–water partition coefficient (Wildman–Crippen LogP) is 2.10. The third-order valence-corrected chi connectivity index (χ3v) is 4.75. The van der Waals surface area contributed by atoms with Crippen LogP contribution in [0.5, 0.6) is 0 Å². The van der Waals surface area contributed by atoms with Gasteiger partial charge in [-0.3, -0.25) is 4.79 Å². The fourth-order valence-corrected chi connectivity index (χ4v) is 3.21. The molecule has 4 rings (SSSR count). The summed E-state index contributed by atoms with van der Waals surface area (Å²) in [6.45, 7) is 3.71. The first kappa shape index (κ1) is 15.4. The van der Waals surface area contributed by atoms with Gasteiger partial charge in [0.2, 0.25) is 5.91 Å². The van der Waals surface area contributed by atoms with Crippen molar-refractivity contribution in [1.82, 2.24) is 14.5 Å². The largest absolute Gasteiger partial charge is 0.469 e. The Morgan fingerprint density at radius 2 is 2.17 bits per heavy atom. The maximum Gasteiger partial charge on any atom is 0.230 e. The topological polar surface area (TPSA) is 60.5 Å². The van der Waals surface area contributed by atoms with Crippen molar-refractivity contribution in [3.05, 3.63) is 42.4 Å². The summed E-state index contributed by atoms with van der Waals surface area (Å²) in [5.74, 6) is 1.85. The maximum atomic E-state index is 12.7. The molecule has 0 aromatic carbocycles. The second kappa shape index (κ2) is 6.81. The van der Waals surface area contributed by atoms with Crippen LogP contribution in [0.1, 0.15) is 24.3 Å². The fourth-order valence-electron chi connectivity index (χ4n) is 3.21. The molecule has 3 heterocycles. The lowest BCUT2D eigenvalue weighted by Crippen LogP contribution is -2.36. The van der Waals surface area contributed by atoms with Crippen LogP contribution >= 0.6 is 0 Å². The van der Waals surface area contributed by atoms with Gasteiger partial charge in [-0.2, -0.15) is 0 Å². The molecule has 0 bridgehead atoms. The Bertz CT molecular complexity index is 676. The van der Waals surface area contributed by atoms with E-state index >= 15 is 0 Å². The van der Waals surface area contributed by atoms with E-state index in [1.807, 2.05) is 29.6 Å². The minimum atomic E-state index is 0.0896. The zero-order valence-electron chi connectivity index (χ0n) is 13.8. The molecule has 1 amide bonds. The first-order chi connectivity index (χ1) is 11.8. The molecule has 0 spiro atoms. The minimum absolute atomic E-state index is 0.0896. The van der Waals surface area contributed by atoms with Gasteiger partial charge in [0.25, 0.3) is 0 Å². The zero-order valence-corrected chi connectivity index (χ0v) is 13.8. The standard InChI is InChI=1S/C18H23N3O3/c22-18(6-17-2-1-5-24-17)20-8-15(12-23-11-14-3-4-14)9-21-13-19-7-16(21)10-20/h1-2,5,7,13-15H,3-4,6,8-12H2/t15-/m0/s1. The van der Waals surface area contributed by atoms with E-state index in [9.17, 15) is 4.79 Å². The molecule has 24 heavy (non-hydrogen) atoms. The number of fused-ring (bicyclic) bond motifs is 1. The summed E-state index contributed by atoms with van der Waals surface area (Å²) in [5.41, 5.74) is 1.08. The molecule has 1 saturated carbocycles. The number of nitrogens with zero attached hydrogens (tertiary/aromatic N) is 3. The summed E-state index contributed by atoms with van der Waals surface area (Å²) >= 11 is 0. The van der Waals surface area contributed by atoms with Crippen molar-refractivity contribution in [2.75, 3.05) is 19.8 Å². The Morgan fingerprint density at radius 3 is 2.96 bits per heavy atom. The van der Waals surface area contributed by atoms with E-state index in [0.717, 1.165) is 24.8 Å². The third-order valence-electron chi connectivity index (χ3n) is 4.75. The van der Waals surface area contributed by atoms with Gasteiger partial charge in [-0.05, 0) is 30.9 Å². The highest BCUT2D eigenvalue weighted by Crippen LogP contribution is 2.29. The number of amides is 1. The van der Waals surface area contributed by atoms with Crippen LogP contribution in [0, 0.1) is 11.8 Å². The monoisotopic (exact) mass is 329 g/mol. The third kappa shape index (κ3) is 3.70. The molecule has 2 aliphatic rings. The first-order valence-electron chi connectivity index (χ1n) is 8.65. The molecule has 0 radical (unpaired) electrons. The fraction of sp³-hybridized carbons (Fsp3) is 0.556. The number of imidazole rings is 1. The molecule has 1 atom stereocenters. The number of ether oxygens (including phenoxy) is 1. The Kier molecular flexibility index (Phi) is 4.38. The number of furan rings is 1. The van der Waals surface area contributed by atoms with E-state index in [1.54, 1.807) is 6.26 Å². The van der Waals surface area contributed by atoms with Crippen molar-refractivity contribution in [3.8, 4) is 0 Å². The number of aromatic nitrogens is 2. The van der Waals surface area contributed by atoms with Crippen molar-refractivity contribution in [2.45, 2.75) is 32.4 Å². The Morgan fingerprint density at radius 1 is 1.29 bits per heavy atom. The molecule has 2 aromatic heterocycles. The van der Waals surface area contributed by atoms with Crippen LogP contribution in [0.15, 0.2) is 35.3 Å². The molecule has 2 aromatic rings. The molecule has 0 N–H and O–H groups in total. The van der Waals surface area contributed by atoms with E-state index < -0.39 is 0 Å². The van der Waals surface area contributed by atoms with Crippen molar-refractivity contribution < 1.29 is 13.9 Å². The number of hydrogen-bond acceptors (Lipinski definition) is 4. The second-order valence-corrected chi connectivity index (χ2v) is 6.91. The maximum absolute atomic E-state index is 12.7. The quantitative estimate of drug-likeness (QED) is 0.814. The second-order valence-electron chi connectivity index (χ2n) is 6.91. The first-order valence-corrected chi connectivity index (χ1v) is 8.65. The van der Waals surface area contributed by atoms with E-state index in [-0.39, 0.29) is 5.91 Å². The molecule has 0 unspecified atom stereocenters. The predicted molar refractivity (Wildman–Crippen MR) is 87.1 cm³/mol. The molecular weight excluding hydrogens is 306 g/mol. The molecule has 1 fully saturated rings. The van der Waals surface area contributed by atoms with Gasteiger partial charge >= 0.3 is 0 Å². The summed E-state index contributed by atoms with van der Waals surface area (Å²) in [6, 6.07) is 3.66. The summed E-state index contributed by atoms with van der Waals surface area (Å²) in [5, 5.41) is 0. The van der Waals surface area contributed by atoms with E-state index in [4.69, 9.17) is 9.15 Å². The number of hydrogen-bond donors (Lipinski definition) is 0. The highest BCUT2D eigenvalue weighted by molar-refractivity contribution is 5.78. The summed E-state index contributed by atoms with van der Waals surface area (Å²) in [7, 11) is 0. The van der Waals surface area contributed by atoms with Crippen LogP contribution in [0.2, 0.25) is 0 Å². The van der Waals surface area contributed by atoms with Gasteiger partial charge < -0.3 is 18.6 Å². The van der Waals surface area contributed by atoms with E-state index in [2.05, 4.69) is 9.55 Å². The molecule has 6 heteroatoms. The zero-order chi connectivity index (χ0) is 16.4. The van der Waals surface area contributed by atoms with Crippen molar-refractivity contribution in [3.63, 3.8) is 0 Å². The summed E-state index contributed by atoms with van der Waals surface area (Å²) < 4.78 is 13.3. The lowest BCUT2D eigenvalue weighted by atomic mass is 10.1. The number of carbonyl (C=O) groups is 1. The SMILES string of the molecule is O=C(Cc1ccco1)N1Cc2cncn2C[C@@H](COCC2CC2)C1. The van der Waals surface area contributed by atoms with Gasteiger partial charge in [-0.15, -0.1) is 0 Å². The highest BCUT2D eigenvalue weighted by atomic mass is 16.5. The van der Waals surface area contributed by atoms with Crippen LogP contribution in [-0.2, 0) is 29.0 Å². The van der Waals surface area contributed by atoms with Gasteiger partial charge in [-0.25, -0.2) is 4.98 Å². The van der Waals surface area contributed by atoms with Gasteiger partial charge in [0.05, 0.1) is 37.9 Å². The van der Waals surface area contributed by atoms with E-state index in [1.165, 1.54) is 12.8 Å². The number of rotatable bonds is 6. The van der Waals surface area contributed by atoms with Gasteiger partial charge in [0.15, 0.2) is 0 Å².